The van der Waals surface area contributed by atoms with Crippen LogP contribution in [0.25, 0.3) is 0 Å². The fraction of sp³-hybridized carbons (Fsp3) is 0.538. The van der Waals surface area contributed by atoms with Crippen LogP contribution in [0.2, 0.25) is 5.15 Å². The molecular formula is C13H19ClN2O. The molecule has 0 unspecified atom stereocenters. The summed E-state index contributed by atoms with van der Waals surface area (Å²) >= 11 is 5.89. The fourth-order valence-corrected chi connectivity index (χ4v) is 1.85. The molecular weight excluding hydrogens is 236 g/mol. The van der Waals surface area contributed by atoms with E-state index in [2.05, 4.69) is 24.1 Å². The summed E-state index contributed by atoms with van der Waals surface area (Å²) in [6.07, 6.45) is 2.63. The van der Waals surface area contributed by atoms with Crippen molar-refractivity contribution in [1.29, 1.82) is 0 Å². The van der Waals surface area contributed by atoms with Gasteiger partial charge < -0.3 is 5.32 Å². The van der Waals surface area contributed by atoms with Crippen LogP contribution in [0, 0.1) is 0 Å². The summed E-state index contributed by atoms with van der Waals surface area (Å²) in [5.41, 5.74) is 1.43. The number of nitrogens with zero attached hydrogens (tertiary/aromatic N) is 1. The highest BCUT2D eigenvalue weighted by Crippen LogP contribution is 2.12. The van der Waals surface area contributed by atoms with Gasteiger partial charge in [0.15, 0.2) is 0 Å². The Labute approximate surface area is 108 Å². The molecule has 1 amide bonds. The molecule has 1 N–H and O–H groups in total. The lowest BCUT2D eigenvalue weighted by Crippen LogP contribution is -2.33. The number of carbonyl (C=O) groups is 1. The van der Waals surface area contributed by atoms with Crippen molar-refractivity contribution in [1.82, 2.24) is 10.3 Å². The number of rotatable bonds is 5. The second kappa shape index (κ2) is 6.60. The summed E-state index contributed by atoms with van der Waals surface area (Å²) in [5, 5.41) is 3.36. The lowest BCUT2D eigenvalue weighted by molar-refractivity contribution is 0.0934. The normalized spacial score (nSPS) is 10.6. The maximum Gasteiger partial charge on any atom is 0.251 e. The van der Waals surface area contributed by atoms with Crippen molar-refractivity contribution >= 4 is 17.5 Å². The van der Waals surface area contributed by atoms with Crippen LogP contribution in [-0.4, -0.2) is 16.9 Å². The van der Waals surface area contributed by atoms with Crippen molar-refractivity contribution in [3.05, 3.63) is 28.5 Å². The van der Waals surface area contributed by atoms with Gasteiger partial charge in [0.05, 0.1) is 0 Å². The molecule has 0 aliphatic heterocycles. The number of carbonyl (C=O) groups excluding carboxylic acids is 1. The number of amides is 1. The monoisotopic (exact) mass is 254 g/mol. The number of aryl methyl sites for hydroxylation is 1. The average Bonchev–Trinajstić information content (AvgIpc) is 2.34. The Bertz CT molecular complexity index is 389. The Morgan fingerprint density at radius 2 is 2.00 bits per heavy atom. The third-order valence-corrected chi connectivity index (χ3v) is 2.99. The van der Waals surface area contributed by atoms with E-state index in [1.54, 1.807) is 12.1 Å². The topological polar surface area (TPSA) is 42.0 Å². The van der Waals surface area contributed by atoms with Crippen LogP contribution in [0.15, 0.2) is 12.1 Å². The Balaban J connectivity index is 2.84. The zero-order chi connectivity index (χ0) is 12.8. The average molecular weight is 255 g/mol. The van der Waals surface area contributed by atoms with Crippen LogP contribution < -0.4 is 5.32 Å². The van der Waals surface area contributed by atoms with E-state index in [4.69, 9.17) is 11.6 Å². The second-order valence-electron chi connectivity index (χ2n) is 4.01. The molecule has 3 nitrogen and oxygen atoms in total. The molecule has 0 atom stereocenters. The van der Waals surface area contributed by atoms with Crippen molar-refractivity contribution in [3.8, 4) is 0 Å². The van der Waals surface area contributed by atoms with Crippen LogP contribution in [0.1, 0.15) is 49.7 Å². The van der Waals surface area contributed by atoms with E-state index >= 15 is 0 Å². The molecule has 1 heterocycles. The van der Waals surface area contributed by atoms with Crippen molar-refractivity contribution in [2.45, 2.75) is 46.1 Å². The quantitative estimate of drug-likeness (QED) is 0.820. The first kappa shape index (κ1) is 14.0. The number of aromatic nitrogens is 1. The van der Waals surface area contributed by atoms with Crippen molar-refractivity contribution < 1.29 is 4.79 Å². The standard InChI is InChI=1S/C13H19ClN2O/c1-4-10(5-2)16-13(17)9-7-11(6-3)15-12(14)8-9/h7-8,10H,4-6H2,1-3H3,(H,16,17). The van der Waals surface area contributed by atoms with Gasteiger partial charge in [0.1, 0.15) is 5.15 Å². The lowest BCUT2D eigenvalue weighted by Gasteiger charge is -2.15. The molecule has 0 aliphatic carbocycles. The van der Waals surface area contributed by atoms with Crippen LogP contribution in [0.3, 0.4) is 0 Å². The minimum Gasteiger partial charge on any atom is -0.349 e. The smallest absolute Gasteiger partial charge is 0.251 e. The van der Waals surface area contributed by atoms with E-state index in [1.807, 2.05) is 6.92 Å². The summed E-state index contributed by atoms with van der Waals surface area (Å²) in [7, 11) is 0. The van der Waals surface area contributed by atoms with E-state index in [0.717, 1.165) is 25.0 Å². The zero-order valence-corrected chi connectivity index (χ0v) is 11.3. The molecule has 94 valence electrons. The van der Waals surface area contributed by atoms with E-state index in [0.29, 0.717) is 10.7 Å². The molecule has 0 fully saturated rings. The van der Waals surface area contributed by atoms with Gasteiger partial charge in [0.25, 0.3) is 5.91 Å². The molecule has 17 heavy (non-hydrogen) atoms. The van der Waals surface area contributed by atoms with E-state index in [-0.39, 0.29) is 11.9 Å². The Kier molecular flexibility index (Phi) is 5.42. The molecule has 0 radical (unpaired) electrons. The predicted octanol–water partition coefficient (Wildman–Crippen LogP) is 3.22. The van der Waals surface area contributed by atoms with Crippen molar-refractivity contribution in [3.63, 3.8) is 0 Å². The molecule has 1 rings (SSSR count). The van der Waals surface area contributed by atoms with Gasteiger partial charge in [-0.15, -0.1) is 0 Å². The van der Waals surface area contributed by atoms with Gasteiger partial charge in [-0.05, 0) is 31.4 Å². The summed E-state index contributed by atoms with van der Waals surface area (Å²) in [6.45, 7) is 6.11. The second-order valence-corrected chi connectivity index (χ2v) is 4.40. The van der Waals surface area contributed by atoms with Crippen LogP contribution in [0.4, 0.5) is 0 Å². The molecule has 1 aromatic heterocycles. The highest BCUT2D eigenvalue weighted by atomic mass is 35.5. The fourth-order valence-electron chi connectivity index (χ4n) is 1.62. The van der Waals surface area contributed by atoms with Gasteiger partial charge in [-0.2, -0.15) is 0 Å². The predicted molar refractivity (Wildman–Crippen MR) is 70.5 cm³/mol. The first-order chi connectivity index (χ1) is 8.10. The van der Waals surface area contributed by atoms with Crippen LogP contribution in [-0.2, 0) is 6.42 Å². The number of hydrogen-bond acceptors (Lipinski definition) is 2. The highest BCUT2D eigenvalue weighted by Gasteiger charge is 2.12. The lowest BCUT2D eigenvalue weighted by atomic mass is 10.1. The van der Waals surface area contributed by atoms with Gasteiger partial charge in [0.2, 0.25) is 0 Å². The molecule has 0 aromatic carbocycles. The van der Waals surface area contributed by atoms with Crippen LogP contribution in [0.5, 0.6) is 0 Å². The van der Waals surface area contributed by atoms with Gasteiger partial charge in [0, 0.05) is 17.3 Å². The van der Waals surface area contributed by atoms with Gasteiger partial charge in [-0.3, -0.25) is 4.79 Å². The van der Waals surface area contributed by atoms with E-state index in [9.17, 15) is 4.79 Å². The maximum atomic E-state index is 12.0. The maximum absolute atomic E-state index is 12.0. The molecule has 0 aliphatic rings. The number of pyridine rings is 1. The summed E-state index contributed by atoms with van der Waals surface area (Å²) in [5.74, 6) is -0.0716. The summed E-state index contributed by atoms with van der Waals surface area (Å²) in [6, 6.07) is 3.63. The number of nitrogens with one attached hydrogen (secondary N) is 1. The zero-order valence-electron chi connectivity index (χ0n) is 10.6. The van der Waals surface area contributed by atoms with Crippen molar-refractivity contribution in [2.24, 2.45) is 0 Å². The molecule has 4 heteroatoms. The minimum atomic E-state index is -0.0716. The summed E-state index contributed by atoms with van der Waals surface area (Å²) in [4.78, 5) is 16.1. The minimum absolute atomic E-state index is 0.0716. The SMILES string of the molecule is CCc1cc(C(=O)NC(CC)CC)cc(Cl)n1. The molecule has 0 saturated carbocycles. The molecule has 0 saturated heterocycles. The van der Waals surface area contributed by atoms with E-state index < -0.39 is 0 Å². The molecule has 0 spiro atoms. The summed E-state index contributed by atoms with van der Waals surface area (Å²) < 4.78 is 0. The van der Waals surface area contributed by atoms with Gasteiger partial charge in [-0.25, -0.2) is 4.98 Å². The molecule has 1 aromatic rings. The first-order valence-corrected chi connectivity index (χ1v) is 6.45. The van der Waals surface area contributed by atoms with Gasteiger partial charge >= 0.3 is 0 Å². The van der Waals surface area contributed by atoms with Crippen LogP contribution >= 0.6 is 11.6 Å². The number of halogens is 1. The Morgan fingerprint density at radius 1 is 1.35 bits per heavy atom. The highest BCUT2D eigenvalue weighted by molar-refractivity contribution is 6.29. The Hall–Kier alpha value is -1.09. The third kappa shape index (κ3) is 4.00. The van der Waals surface area contributed by atoms with Crippen molar-refractivity contribution in [2.75, 3.05) is 0 Å². The molecule has 0 bridgehead atoms. The number of hydrogen-bond donors (Lipinski definition) is 1. The first-order valence-electron chi connectivity index (χ1n) is 6.08. The van der Waals surface area contributed by atoms with E-state index in [1.165, 1.54) is 0 Å². The Morgan fingerprint density at radius 3 is 2.53 bits per heavy atom. The largest absolute Gasteiger partial charge is 0.349 e. The van der Waals surface area contributed by atoms with Gasteiger partial charge in [-0.1, -0.05) is 32.4 Å². The third-order valence-electron chi connectivity index (χ3n) is 2.79.